The average molecular weight is 367 g/mol. The van der Waals surface area contributed by atoms with Gasteiger partial charge in [-0.1, -0.05) is 6.07 Å². The Hall–Kier alpha value is -2.33. The highest BCUT2D eigenvalue weighted by atomic mass is 16.5. The van der Waals surface area contributed by atoms with Crippen molar-refractivity contribution in [2.24, 2.45) is 0 Å². The summed E-state index contributed by atoms with van der Waals surface area (Å²) in [5.74, 6) is 1.99. The fourth-order valence-electron chi connectivity index (χ4n) is 3.54. The van der Waals surface area contributed by atoms with Gasteiger partial charge < -0.3 is 14.4 Å². The van der Waals surface area contributed by atoms with Gasteiger partial charge in [0.05, 0.1) is 17.6 Å². The van der Waals surface area contributed by atoms with Gasteiger partial charge >= 0.3 is 0 Å². The van der Waals surface area contributed by atoms with Gasteiger partial charge in [0.1, 0.15) is 11.6 Å². The summed E-state index contributed by atoms with van der Waals surface area (Å²) in [5.41, 5.74) is 7.21. The molecule has 1 N–H and O–H groups in total. The summed E-state index contributed by atoms with van der Waals surface area (Å²) in [6.45, 7) is 10.2. The second-order valence-corrected chi connectivity index (χ2v) is 7.46. The molecule has 0 fully saturated rings. The number of aryl methyl sites for hydroxylation is 6. The molecule has 27 heavy (non-hydrogen) atoms. The van der Waals surface area contributed by atoms with Crippen LogP contribution in [0, 0.1) is 27.7 Å². The number of ether oxygens (including phenoxy) is 1. The summed E-state index contributed by atoms with van der Waals surface area (Å²) in [7, 11) is 0. The molecule has 144 valence electrons. The van der Waals surface area contributed by atoms with Crippen LogP contribution in [0.5, 0.6) is 5.75 Å². The minimum Gasteiger partial charge on any atom is -0.494 e. The number of fused-ring (bicyclic) bond motifs is 1. The predicted octanol–water partition coefficient (Wildman–Crippen LogP) is 4.66. The third-order valence-corrected chi connectivity index (χ3v) is 4.99. The molecular formula is C23H30N2O2. The molecule has 0 unspecified atom stereocenters. The Morgan fingerprint density at radius 3 is 2.33 bits per heavy atom. The van der Waals surface area contributed by atoms with E-state index in [1.165, 1.54) is 27.8 Å². The highest BCUT2D eigenvalue weighted by molar-refractivity contribution is 5.78. The van der Waals surface area contributed by atoms with Gasteiger partial charge in [0.15, 0.2) is 0 Å². The second-order valence-electron chi connectivity index (χ2n) is 7.46. The van der Waals surface area contributed by atoms with Crippen molar-refractivity contribution in [2.75, 3.05) is 13.2 Å². The number of aromatic nitrogens is 2. The largest absolute Gasteiger partial charge is 0.494 e. The van der Waals surface area contributed by atoms with Crippen LogP contribution in [0.3, 0.4) is 0 Å². The van der Waals surface area contributed by atoms with Crippen molar-refractivity contribution in [2.45, 2.75) is 53.5 Å². The third-order valence-electron chi connectivity index (χ3n) is 4.99. The van der Waals surface area contributed by atoms with E-state index in [2.05, 4.69) is 62.6 Å². The molecular weight excluding hydrogens is 336 g/mol. The van der Waals surface area contributed by atoms with Gasteiger partial charge in [-0.05, 0) is 87.1 Å². The molecule has 0 aliphatic rings. The molecule has 1 heterocycles. The summed E-state index contributed by atoms with van der Waals surface area (Å²) in [6, 6.07) is 10.7. The van der Waals surface area contributed by atoms with E-state index in [0.717, 1.165) is 42.9 Å². The van der Waals surface area contributed by atoms with E-state index in [-0.39, 0.29) is 6.61 Å². The lowest BCUT2D eigenvalue weighted by Gasteiger charge is -2.11. The number of rotatable bonds is 8. The molecule has 1 aromatic heterocycles. The normalized spacial score (nSPS) is 11.3. The Bertz CT molecular complexity index is 908. The van der Waals surface area contributed by atoms with Crippen LogP contribution < -0.4 is 4.74 Å². The number of aliphatic hydroxyl groups is 1. The molecule has 4 heteroatoms. The summed E-state index contributed by atoms with van der Waals surface area (Å²) >= 11 is 0. The van der Waals surface area contributed by atoms with E-state index < -0.39 is 0 Å². The zero-order valence-electron chi connectivity index (χ0n) is 16.9. The molecule has 0 bridgehead atoms. The Morgan fingerprint density at radius 1 is 0.926 bits per heavy atom. The number of hydrogen-bond acceptors (Lipinski definition) is 3. The first kappa shape index (κ1) is 19.4. The van der Waals surface area contributed by atoms with Gasteiger partial charge in [-0.15, -0.1) is 0 Å². The quantitative estimate of drug-likeness (QED) is 0.590. The number of aliphatic hydroxyl groups excluding tert-OH is 1. The first-order valence-electron chi connectivity index (χ1n) is 9.76. The second kappa shape index (κ2) is 8.57. The molecule has 0 spiro atoms. The molecule has 0 aliphatic heterocycles. The van der Waals surface area contributed by atoms with Crippen molar-refractivity contribution in [3.05, 3.63) is 58.4 Å². The monoisotopic (exact) mass is 366 g/mol. The van der Waals surface area contributed by atoms with Crippen LogP contribution >= 0.6 is 0 Å². The van der Waals surface area contributed by atoms with E-state index in [9.17, 15) is 5.11 Å². The minimum absolute atomic E-state index is 0.192. The van der Waals surface area contributed by atoms with Gasteiger partial charge in [0.25, 0.3) is 0 Å². The summed E-state index contributed by atoms with van der Waals surface area (Å²) in [5, 5.41) is 9.21. The molecule has 4 nitrogen and oxygen atoms in total. The van der Waals surface area contributed by atoms with E-state index in [0.29, 0.717) is 6.61 Å². The maximum Gasteiger partial charge on any atom is 0.119 e. The molecule has 2 aromatic carbocycles. The van der Waals surface area contributed by atoms with E-state index >= 15 is 0 Å². The van der Waals surface area contributed by atoms with Crippen molar-refractivity contribution in [3.8, 4) is 5.75 Å². The fraction of sp³-hybridized carbons (Fsp3) is 0.435. The number of imidazole rings is 1. The Morgan fingerprint density at radius 2 is 1.63 bits per heavy atom. The van der Waals surface area contributed by atoms with Gasteiger partial charge in [0, 0.05) is 19.6 Å². The van der Waals surface area contributed by atoms with Crippen LogP contribution in [-0.2, 0) is 13.0 Å². The highest BCUT2D eigenvalue weighted by Crippen LogP contribution is 2.22. The zero-order chi connectivity index (χ0) is 19.4. The third kappa shape index (κ3) is 4.69. The topological polar surface area (TPSA) is 47.3 Å². The first-order valence-corrected chi connectivity index (χ1v) is 9.76. The van der Waals surface area contributed by atoms with Crippen molar-refractivity contribution in [3.63, 3.8) is 0 Å². The average Bonchev–Trinajstić information content (AvgIpc) is 2.93. The summed E-state index contributed by atoms with van der Waals surface area (Å²) in [4.78, 5) is 4.82. The Labute approximate surface area is 161 Å². The maximum atomic E-state index is 9.21. The number of benzene rings is 2. The highest BCUT2D eigenvalue weighted by Gasteiger charge is 2.12. The number of hydrogen-bond donors (Lipinski definition) is 1. The predicted molar refractivity (Wildman–Crippen MR) is 111 cm³/mol. The van der Waals surface area contributed by atoms with Crippen molar-refractivity contribution < 1.29 is 9.84 Å². The molecule has 0 saturated heterocycles. The lowest BCUT2D eigenvalue weighted by Crippen LogP contribution is -2.09. The van der Waals surface area contributed by atoms with Gasteiger partial charge in [0.2, 0.25) is 0 Å². The van der Waals surface area contributed by atoms with Gasteiger partial charge in [-0.25, -0.2) is 4.98 Å². The lowest BCUT2D eigenvalue weighted by molar-refractivity contribution is 0.285. The van der Waals surface area contributed by atoms with Crippen LogP contribution in [0.25, 0.3) is 11.0 Å². The lowest BCUT2D eigenvalue weighted by atomic mass is 10.1. The van der Waals surface area contributed by atoms with Crippen molar-refractivity contribution in [1.82, 2.24) is 9.55 Å². The molecule has 3 aromatic rings. The Balaban J connectivity index is 1.73. The van der Waals surface area contributed by atoms with Crippen molar-refractivity contribution in [1.29, 1.82) is 0 Å². The van der Waals surface area contributed by atoms with E-state index in [1.807, 2.05) is 0 Å². The van der Waals surface area contributed by atoms with Crippen LogP contribution in [0.15, 0.2) is 30.3 Å². The van der Waals surface area contributed by atoms with E-state index in [1.54, 1.807) is 0 Å². The number of nitrogens with zero attached hydrogens (tertiary/aromatic N) is 2. The summed E-state index contributed by atoms with van der Waals surface area (Å²) in [6.07, 6.45) is 2.44. The van der Waals surface area contributed by atoms with Crippen LogP contribution in [0.1, 0.15) is 40.9 Å². The first-order chi connectivity index (χ1) is 13.0. The molecule has 0 saturated carbocycles. The van der Waals surface area contributed by atoms with Crippen LogP contribution in [0.4, 0.5) is 0 Å². The standard InChI is InChI=1S/C23H30N2O2/c1-16-11-17(2)13-20(12-16)27-10-6-8-25-22-15-19(4)18(3)14-21(22)24-23(25)7-5-9-26/h11-15,26H,5-10H2,1-4H3. The smallest absolute Gasteiger partial charge is 0.119 e. The van der Waals surface area contributed by atoms with Gasteiger partial charge in [-0.3, -0.25) is 0 Å². The van der Waals surface area contributed by atoms with E-state index in [4.69, 9.17) is 9.72 Å². The summed E-state index contributed by atoms with van der Waals surface area (Å²) < 4.78 is 8.26. The molecule has 3 rings (SSSR count). The van der Waals surface area contributed by atoms with Crippen LogP contribution in [0.2, 0.25) is 0 Å². The van der Waals surface area contributed by atoms with Crippen molar-refractivity contribution >= 4 is 11.0 Å². The molecule has 0 atom stereocenters. The molecule has 0 amide bonds. The SMILES string of the molecule is Cc1cc(C)cc(OCCCn2c(CCCO)nc3cc(C)c(C)cc32)c1. The maximum absolute atomic E-state index is 9.21. The molecule has 0 aliphatic carbocycles. The Kier molecular flexibility index (Phi) is 6.17. The van der Waals surface area contributed by atoms with Gasteiger partial charge in [-0.2, -0.15) is 0 Å². The fourth-order valence-corrected chi connectivity index (χ4v) is 3.54. The minimum atomic E-state index is 0.192. The zero-order valence-corrected chi connectivity index (χ0v) is 16.9. The molecule has 0 radical (unpaired) electrons. The van der Waals surface area contributed by atoms with Crippen LogP contribution in [-0.4, -0.2) is 27.9 Å².